The summed E-state index contributed by atoms with van der Waals surface area (Å²) in [6, 6.07) is 15.4. The molecular formula is C25H31N3O4. The van der Waals surface area contributed by atoms with E-state index in [9.17, 15) is 4.79 Å². The zero-order chi connectivity index (χ0) is 22.5. The van der Waals surface area contributed by atoms with Gasteiger partial charge in [-0.2, -0.15) is 0 Å². The van der Waals surface area contributed by atoms with Crippen LogP contribution < -0.4 is 25.0 Å². The van der Waals surface area contributed by atoms with Gasteiger partial charge >= 0.3 is 6.03 Å². The van der Waals surface area contributed by atoms with Crippen LogP contribution in [-0.2, 0) is 0 Å². The SMILES string of the molecule is CCOc1cccc2cc(C(C)NC(=O)NCC3CCN(c4cccc(OC)c4)C3)oc12. The fraction of sp³-hybridized carbons (Fsp3) is 0.400. The number of hydrogen-bond acceptors (Lipinski definition) is 5. The van der Waals surface area contributed by atoms with E-state index in [0.29, 0.717) is 30.4 Å². The molecule has 0 bridgehead atoms. The van der Waals surface area contributed by atoms with Crippen molar-refractivity contribution in [1.29, 1.82) is 0 Å². The van der Waals surface area contributed by atoms with Crippen LogP contribution in [0.1, 0.15) is 32.1 Å². The number of methoxy groups -OCH3 is 1. The monoisotopic (exact) mass is 437 g/mol. The van der Waals surface area contributed by atoms with E-state index < -0.39 is 0 Å². The summed E-state index contributed by atoms with van der Waals surface area (Å²) in [4.78, 5) is 14.8. The third-order valence-electron chi connectivity index (χ3n) is 5.86. The molecule has 32 heavy (non-hydrogen) atoms. The lowest BCUT2D eigenvalue weighted by Gasteiger charge is -2.20. The molecule has 2 unspecified atom stereocenters. The first-order valence-electron chi connectivity index (χ1n) is 11.2. The van der Waals surface area contributed by atoms with E-state index in [-0.39, 0.29) is 12.1 Å². The molecule has 2 atom stereocenters. The Morgan fingerprint density at radius 1 is 1.25 bits per heavy atom. The molecule has 170 valence electrons. The summed E-state index contributed by atoms with van der Waals surface area (Å²) in [7, 11) is 1.68. The maximum atomic E-state index is 12.5. The van der Waals surface area contributed by atoms with Gasteiger partial charge in [0.25, 0.3) is 0 Å². The second-order valence-electron chi connectivity index (χ2n) is 8.13. The number of carbonyl (C=O) groups excluding carboxylic acids is 1. The minimum Gasteiger partial charge on any atom is -0.497 e. The zero-order valence-corrected chi connectivity index (χ0v) is 18.9. The smallest absolute Gasteiger partial charge is 0.315 e. The molecule has 1 aliphatic heterocycles. The second kappa shape index (κ2) is 9.85. The minimum atomic E-state index is -0.256. The molecule has 2 aromatic carbocycles. The van der Waals surface area contributed by atoms with E-state index >= 15 is 0 Å². The number of carbonyl (C=O) groups is 1. The Hall–Kier alpha value is -3.35. The maximum Gasteiger partial charge on any atom is 0.315 e. The fourth-order valence-corrected chi connectivity index (χ4v) is 4.14. The molecule has 1 fully saturated rings. The predicted octanol–water partition coefficient (Wildman–Crippen LogP) is 4.73. The molecule has 0 aliphatic carbocycles. The number of amides is 2. The quantitative estimate of drug-likeness (QED) is 0.533. The maximum absolute atomic E-state index is 12.5. The van der Waals surface area contributed by atoms with E-state index in [4.69, 9.17) is 13.9 Å². The Morgan fingerprint density at radius 3 is 2.91 bits per heavy atom. The summed E-state index contributed by atoms with van der Waals surface area (Å²) in [6.07, 6.45) is 1.04. The van der Waals surface area contributed by atoms with Crippen LogP contribution in [0.3, 0.4) is 0 Å². The number of fused-ring (bicyclic) bond motifs is 1. The van der Waals surface area contributed by atoms with Crippen molar-refractivity contribution in [3.63, 3.8) is 0 Å². The van der Waals surface area contributed by atoms with Crippen LogP contribution in [0.15, 0.2) is 52.9 Å². The Labute approximate surface area is 188 Å². The van der Waals surface area contributed by atoms with E-state index in [1.807, 2.05) is 50.2 Å². The van der Waals surface area contributed by atoms with Gasteiger partial charge in [-0.1, -0.05) is 18.2 Å². The van der Waals surface area contributed by atoms with Gasteiger partial charge < -0.3 is 29.4 Å². The lowest BCUT2D eigenvalue weighted by molar-refractivity contribution is 0.234. The van der Waals surface area contributed by atoms with E-state index in [0.717, 1.165) is 42.1 Å². The summed E-state index contributed by atoms with van der Waals surface area (Å²) in [5.74, 6) is 2.68. The van der Waals surface area contributed by atoms with Gasteiger partial charge in [-0.15, -0.1) is 0 Å². The van der Waals surface area contributed by atoms with Gasteiger partial charge in [-0.25, -0.2) is 4.79 Å². The number of furan rings is 1. The Kier molecular flexibility index (Phi) is 6.73. The topological polar surface area (TPSA) is 76.0 Å². The lowest BCUT2D eigenvalue weighted by atomic mass is 10.1. The number of nitrogens with zero attached hydrogens (tertiary/aromatic N) is 1. The van der Waals surface area contributed by atoms with Crippen LogP contribution in [0.5, 0.6) is 11.5 Å². The molecule has 0 radical (unpaired) electrons. The Balaban J connectivity index is 1.29. The molecule has 2 N–H and O–H groups in total. The van der Waals surface area contributed by atoms with Crippen molar-refractivity contribution in [1.82, 2.24) is 10.6 Å². The highest BCUT2D eigenvalue weighted by atomic mass is 16.5. The molecule has 2 amide bonds. The third kappa shape index (κ3) is 4.93. The van der Waals surface area contributed by atoms with Gasteiger partial charge in [0.2, 0.25) is 0 Å². The molecule has 0 saturated carbocycles. The highest BCUT2D eigenvalue weighted by molar-refractivity contribution is 5.84. The number of para-hydroxylation sites is 1. The molecule has 7 heteroatoms. The van der Waals surface area contributed by atoms with Crippen LogP contribution in [0.25, 0.3) is 11.0 Å². The molecular weight excluding hydrogens is 406 g/mol. The van der Waals surface area contributed by atoms with E-state index in [1.165, 1.54) is 0 Å². The number of benzene rings is 2. The number of nitrogens with one attached hydrogen (secondary N) is 2. The zero-order valence-electron chi connectivity index (χ0n) is 18.9. The minimum absolute atomic E-state index is 0.192. The second-order valence-corrected chi connectivity index (χ2v) is 8.13. The number of ether oxygens (including phenoxy) is 2. The van der Waals surface area contributed by atoms with Crippen molar-refractivity contribution < 1.29 is 18.7 Å². The summed E-state index contributed by atoms with van der Waals surface area (Å²) in [5.41, 5.74) is 1.86. The first-order valence-corrected chi connectivity index (χ1v) is 11.2. The van der Waals surface area contributed by atoms with Crippen LogP contribution in [0, 0.1) is 5.92 Å². The van der Waals surface area contributed by atoms with Crippen molar-refractivity contribution in [2.45, 2.75) is 26.3 Å². The molecule has 7 nitrogen and oxygen atoms in total. The summed E-state index contributed by atoms with van der Waals surface area (Å²) in [6.45, 7) is 6.94. The lowest BCUT2D eigenvalue weighted by Crippen LogP contribution is -2.39. The molecule has 1 aromatic heterocycles. The van der Waals surface area contributed by atoms with Gasteiger partial charge in [0, 0.05) is 36.8 Å². The normalized spacial score (nSPS) is 16.7. The standard InChI is InChI=1S/C25H31N3O4/c1-4-31-22-10-5-7-19-13-23(32-24(19)22)17(2)27-25(29)26-15-18-11-12-28(16-18)20-8-6-9-21(14-20)30-3/h5-10,13-14,17-18H,4,11-12,15-16H2,1-3H3,(H2,26,27,29). The number of hydrogen-bond donors (Lipinski definition) is 2. The van der Waals surface area contributed by atoms with Crippen molar-refractivity contribution >= 4 is 22.7 Å². The molecule has 1 aliphatic rings. The number of rotatable bonds is 8. The summed E-state index contributed by atoms with van der Waals surface area (Å²) in [5, 5.41) is 6.95. The Morgan fingerprint density at radius 2 is 2.09 bits per heavy atom. The molecule has 3 aromatic rings. The van der Waals surface area contributed by atoms with Crippen molar-refractivity contribution in [2.24, 2.45) is 5.92 Å². The fourth-order valence-electron chi connectivity index (χ4n) is 4.14. The molecule has 2 heterocycles. The van der Waals surface area contributed by atoms with E-state index in [2.05, 4.69) is 27.7 Å². The predicted molar refractivity (Wildman–Crippen MR) is 126 cm³/mol. The average molecular weight is 438 g/mol. The third-order valence-corrected chi connectivity index (χ3v) is 5.86. The first-order chi connectivity index (χ1) is 15.6. The van der Waals surface area contributed by atoms with Gasteiger partial charge in [0.1, 0.15) is 11.5 Å². The van der Waals surface area contributed by atoms with Gasteiger partial charge in [0.15, 0.2) is 11.3 Å². The number of anilines is 1. The van der Waals surface area contributed by atoms with Crippen LogP contribution in [0.4, 0.5) is 10.5 Å². The van der Waals surface area contributed by atoms with E-state index in [1.54, 1.807) is 7.11 Å². The largest absolute Gasteiger partial charge is 0.497 e. The van der Waals surface area contributed by atoms with Crippen LogP contribution in [-0.4, -0.2) is 39.4 Å². The van der Waals surface area contributed by atoms with Crippen molar-refractivity contribution in [3.05, 3.63) is 54.3 Å². The molecule has 1 saturated heterocycles. The molecule has 4 rings (SSSR count). The number of urea groups is 1. The van der Waals surface area contributed by atoms with Gasteiger partial charge in [-0.3, -0.25) is 0 Å². The van der Waals surface area contributed by atoms with Crippen LogP contribution in [0.2, 0.25) is 0 Å². The average Bonchev–Trinajstić information content (AvgIpc) is 3.46. The first kappa shape index (κ1) is 21.9. The molecule has 0 spiro atoms. The van der Waals surface area contributed by atoms with Gasteiger partial charge in [0.05, 0.1) is 19.8 Å². The summed E-state index contributed by atoms with van der Waals surface area (Å²) >= 11 is 0. The highest BCUT2D eigenvalue weighted by Gasteiger charge is 2.24. The van der Waals surface area contributed by atoms with Crippen LogP contribution >= 0.6 is 0 Å². The Bertz CT molecular complexity index is 1060. The highest BCUT2D eigenvalue weighted by Crippen LogP contribution is 2.31. The van der Waals surface area contributed by atoms with Crippen molar-refractivity contribution in [3.8, 4) is 11.5 Å². The summed E-state index contributed by atoms with van der Waals surface area (Å²) < 4.78 is 17.0. The van der Waals surface area contributed by atoms with Crippen molar-refractivity contribution in [2.75, 3.05) is 38.3 Å². The van der Waals surface area contributed by atoms with Gasteiger partial charge in [-0.05, 0) is 50.5 Å².